The van der Waals surface area contributed by atoms with Crippen molar-refractivity contribution in [3.63, 3.8) is 0 Å². The quantitative estimate of drug-likeness (QED) is 0.682. The van der Waals surface area contributed by atoms with E-state index in [1.807, 2.05) is 29.9 Å². The molecular weight excluding hydrogens is 262 g/mol. The molecule has 2 heterocycles. The van der Waals surface area contributed by atoms with E-state index in [1.54, 1.807) is 6.20 Å². The lowest BCUT2D eigenvalue weighted by Crippen LogP contribution is -2.08. The van der Waals surface area contributed by atoms with Crippen molar-refractivity contribution in [1.29, 1.82) is 0 Å². The Balaban J connectivity index is 1.63. The summed E-state index contributed by atoms with van der Waals surface area (Å²) in [5, 5.41) is 6.45. The van der Waals surface area contributed by atoms with Crippen LogP contribution in [0.15, 0.2) is 48.9 Å². The number of hydrogen-bond donors (Lipinski definition) is 2. The molecule has 3 rings (SSSR count). The minimum absolute atomic E-state index is 0.819. The highest BCUT2D eigenvalue weighted by atomic mass is 15.1. The van der Waals surface area contributed by atoms with Crippen LogP contribution in [0.25, 0.3) is 5.65 Å². The van der Waals surface area contributed by atoms with Crippen LogP contribution < -0.4 is 10.6 Å². The summed E-state index contributed by atoms with van der Waals surface area (Å²) < 4.78 is 1.97. The maximum atomic E-state index is 4.53. The first-order valence-electron chi connectivity index (χ1n) is 7.16. The van der Waals surface area contributed by atoms with Crippen LogP contribution in [0.1, 0.15) is 12.0 Å². The number of imidazole rings is 1. The van der Waals surface area contributed by atoms with Crippen molar-refractivity contribution >= 4 is 17.3 Å². The molecule has 0 aliphatic carbocycles. The van der Waals surface area contributed by atoms with Crippen LogP contribution in [0.4, 0.5) is 11.6 Å². The average molecular weight is 281 g/mol. The number of nitrogens with one attached hydrogen (secondary N) is 2. The lowest BCUT2D eigenvalue weighted by atomic mass is 10.1. The van der Waals surface area contributed by atoms with Crippen molar-refractivity contribution in [2.75, 3.05) is 24.2 Å². The Bertz CT molecular complexity index is 705. The van der Waals surface area contributed by atoms with E-state index < -0.39 is 0 Å². The molecule has 5 heteroatoms. The van der Waals surface area contributed by atoms with Gasteiger partial charge < -0.3 is 15.0 Å². The molecule has 21 heavy (non-hydrogen) atoms. The molecular formula is C16H19N5. The Morgan fingerprint density at radius 3 is 2.86 bits per heavy atom. The summed E-state index contributed by atoms with van der Waals surface area (Å²) in [4.78, 5) is 8.87. The highest BCUT2D eigenvalue weighted by Crippen LogP contribution is 2.16. The second-order valence-electron chi connectivity index (χ2n) is 4.90. The number of hydrogen-bond acceptors (Lipinski definition) is 4. The van der Waals surface area contributed by atoms with Crippen LogP contribution in [-0.4, -0.2) is 28.0 Å². The second kappa shape index (κ2) is 6.26. The van der Waals surface area contributed by atoms with Gasteiger partial charge in [-0.2, -0.15) is 0 Å². The fraction of sp³-hybridized carbons (Fsp3) is 0.250. The Morgan fingerprint density at radius 1 is 1.19 bits per heavy atom. The van der Waals surface area contributed by atoms with Crippen molar-refractivity contribution in [3.05, 3.63) is 54.5 Å². The average Bonchev–Trinajstić information content (AvgIpc) is 3.00. The number of aromatic nitrogens is 3. The summed E-state index contributed by atoms with van der Waals surface area (Å²) in [6, 6.07) is 10.5. The van der Waals surface area contributed by atoms with Gasteiger partial charge in [0.05, 0.1) is 6.20 Å². The fourth-order valence-electron chi connectivity index (χ4n) is 2.31. The van der Waals surface area contributed by atoms with E-state index in [0.29, 0.717) is 0 Å². The molecule has 0 saturated heterocycles. The summed E-state index contributed by atoms with van der Waals surface area (Å²) in [6.45, 7) is 0.873. The number of aryl methyl sites for hydroxylation is 1. The largest absolute Gasteiger partial charge is 0.372 e. The van der Waals surface area contributed by atoms with Gasteiger partial charge in [0.1, 0.15) is 5.82 Å². The maximum Gasteiger partial charge on any atom is 0.180 e. The third-order valence-electron chi connectivity index (χ3n) is 3.41. The van der Waals surface area contributed by atoms with Gasteiger partial charge in [0.25, 0.3) is 0 Å². The highest BCUT2D eigenvalue weighted by Gasteiger charge is 2.06. The fourth-order valence-corrected chi connectivity index (χ4v) is 2.31. The van der Waals surface area contributed by atoms with E-state index in [2.05, 4.69) is 44.9 Å². The zero-order valence-corrected chi connectivity index (χ0v) is 12.1. The van der Waals surface area contributed by atoms with E-state index in [0.717, 1.165) is 36.7 Å². The molecule has 0 unspecified atom stereocenters. The SMILES string of the molecule is CNc1cn2ccnc2c(NCCCc2ccccc2)n1. The normalized spacial score (nSPS) is 10.7. The van der Waals surface area contributed by atoms with E-state index in [-0.39, 0.29) is 0 Å². The molecule has 0 spiro atoms. The lowest BCUT2D eigenvalue weighted by Gasteiger charge is -2.09. The van der Waals surface area contributed by atoms with Gasteiger partial charge >= 0.3 is 0 Å². The number of nitrogens with zero attached hydrogens (tertiary/aromatic N) is 3. The zero-order valence-electron chi connectivity index (χ0n) is 12.1. The standard InChI is InChI=1S/C16H19N5/c1-17-14-12-21-11-10-19-16(21)15(20-14)18-9-5-8-13-6-3-2-4-7-13/h2-4,6-7,10-12,17H,5,8-9H2,1H3,(H,18,20). The van der Waals surface area contributed by atoms with Crippen LogP contribution in [0.2, 0.25) is 0 Å². The first-order chi connectivity index (χ1) is 10.4. The van der Waals surface area contributed by atoms with Gasteiger partial charge in [-0.25, -0.2) is 9.97 Å². The van der Waals surface area contributed by atoms with Crippen LogP contribution in [0.5, 0.6) is 0 Å². The maximum absolute atomic E-state index is 4.53. The Labute approximate surface area is 124 Å². The van der Waals surface area contributed by atoms with Gasteiger partial charge in [-0.1, -0.05) is 30.3 Å². The summed E-state index contributed by atoms with van der Waals surface area (Å²) in [6.07, 6.45) is 7.75. The lowest BCUT2D eigenvalue weighted by molar-refractivity contribution is 0.858. The molecule has 0 aliphatic rings. The Kier molecular flexibility index (Phi) is 4.00. The molecule has 0 aliphatic heterocycles. The van der Waals surface area contributed by atoms with Gasteiger partial charge in [0, 0.05) is 26.0 Å². The molecule has 0 bridgehead atoms. The summed E-state index contributed by atoms with van der Waals surface area (Å²) in [7, 11) is 1.87. The van der Waals surface area contributed by atoms with Crippen LogP contribution in [0.3, 0.4) is 0 Å². The second-order valence-corrected chi connectivity index (χ2v) is 4.90. The molecule has 0 fully saturated rings. The topological polar surface area (TPSA) is 54.2 Å². The van der Waals surface area contributed by atoms with Crippen LogP contribution in [0, 0.1) is 0 Å². The molecule has 2 N–H and O–H groups in total. The first kappa shape index (κ1) is 13.4. The number of rotatable bonds is 6. The van der Waals surface area contributed by atoms with Crippen molar-refractivity contribution in [1.82, 2.24) is 14.4 Å². The summed E-state index contributed by atoms with van der Waals surface area (Å²) in [5.41, 5.74) is 2.22. The highest BCUT2D eigenvalue weighted by molar-refractivity contribution is 5.65. The minimum Gasteiger partial charge on any atom is -0.372 e. The zero-order chi connectivity index (χ0) is 14.5. The van der Waals surface area contributed by atoms with Crippen molar-refractivity contribution < 1.29 is 0 Å². The smallest absolute Gasteiger partial charge is 0.180 e. The number of fused-ring (bicyclic) bond motifs is 1. The predicted octanol–water partition coefficient (Wildman–Crippen LogP) is 2.82. The molecule has 5 nitrogen and oxygen atoms in total. The van der Waals surface area contributed by atoms with Gasteiger partial charge in [-0.15, -0.1) is 0 Å². The van der Waals surface area contributed by atoms with Crippen molar-refractivity contribution in [3.8, 4) is 0 Å². The monoisotopic (exact) mass is 281 g/mol. The molecule has 0 saturated carbocycles. The molecule has 0 atom stereocenters. The van der Waals surface area contributed by atoms with Gasteiger partial charge in [0.15, 0.2) is 11.5 Å². The predicted molar refractivity (Wildman–Crippen MR) is 85.8 cm³/mol. The van der Waals surface area contributed by atoms with Gasteiger partial charge in [-0.3, -0.25) is 0 Å². The molecule has 0 radical (unpaired) electrons. The molecule has 1 aromatic carbocycles. The van der Waals surface area contributed by atoms with Crippen LogP contribution >= 0.6 is 0 Å². The molecule has 3 aromatic rings. The first-order valence-corrected chi connectivity index (χ1v) is 7.16. The van der Waals surface area contributed by atoms with E-state index >= 15 is 0 Å². The van der Waals surface area contributed by atoms with Crippen molar-refractivity contribution in [2.45, 2.75) is 12.8 Å². The summed E-state index contributed by atoms with van der Waals surface area (Å²) >= 11 is 0. The molecule has 108 valence electrons. The van der Waals surface area contributed by atoms with E-state index in [9.17, 15) is 0 Å². The minimum atomic E-state index is 0.819. The Hall–Kier alpha value is -2.56. The van der Waals surface area contributed by atoms with Gasteiger partial charge in [-0.05, 0) is 18.4 Å². The Morgan fingerprint density at radius 2 is 2.05 bits per heavy atom. The van der Waals surface area contributed by atoms with Gasteiger partial charge in [0.2, 0.25) is 0 Å². The van der Waals surface area contributed by atoms with E-state index in [4.69, 9.17) is 0 Å². The molecule has 0 amide bonds. The van der Waals surface area contributed by atoms with E-state index in [1.165, 1.54) is 5.56 Å². The number of benzene rings is 1. The summed E-state index contributed by atoms with van der Waals surface area (Å²) in [5.74, 6) is 1.64. The third kappa shape index (κ3) is 3.13. The third-order valence-corrected chi connectivity index (χ3v) is 3.41. The van der Waals surface area contributed by atoms with Crippen LogP contribution in [-0.2, 0) is 6.42 Å². The molecule has 2 aromatic heterocycles. The van der Waals surface area contributed by atoms with Crippen molar-refractivity contribution in [2.24, 2.45) is 0 Å². The number of anilines is 2.